The van der Waals surface area contributed by atoms with Crippen LogP contribution in [0.15, 0.2) is 161 Å². The van der Waals surface area contributed by atoms with Crippen LogP contribution in [0.25, 0.3) is 0 Å². The molecule has 0 aromatic heterocycles. The van der Waals surface area contributed by atoms with Crippen molar-refractivity contribution >= 4 is 41.3 Å². The second-order valence-electron chi connectivity index (χ2n) is 12.8. The summed E-state index contributed by atoms with van der Waals surface area (Å²) in [5.74, 6) is -0.758. The monoisotopic (exact) mass is 750 g/mol. The second kappa shape index (κ2) is 13.3. The van der Waals surface area contributed by atoms with Crippen molar-refractivity contribution in [3.05, 3.63) is 178 Å². The van der Waals surface area contributed by atoms with Crippen LogP contribution in [0.3, 0.4) is 0 Å². The lowest BCUT2D eigenvalue weighted by Gasteiger charge is -2.36. The Bertz CT molecular complexity index is 1680. The van der Waals surface area contributed by atoms with E-state index < -0.39 is 19.7 Å². The fraction of sp³-hybridized carbons (Fsp3) is 0.220. The lowest BCUT2D eigenvalue weighted by molar-refractivity contribution is -0.152. The van der Waals surface area contributed by atoms with Crippen LogP contribution in [0.2, 0.25) is 6.55 Å². The normalized spacial score (nSPS) is 20.7. The van der Waals surface area contributed by atoms with Crippen molar-refractivity contribution in [3.63, 3.8) is 0 Å². The molecule has 5 aromatic rings. The van der Waals surface area contributed by atoms with Crippen LogP contribution in [0, 0.1) is 0 Å². The van der Waals surface area contributed by atoms with E-state index in [-0.39, 0.29) is 18.3 Å². The highest BCUT2D eigenvalue weighted by atomic mass is 127. The predicted octanol–water partition coefficient (Wildman–Crippen LogP) is 7.99. The maximum absolute atomic E-state index is 7.42. The van der Waals surface area contributed by atoms with Crippen LogP contribution in [0.5, 0.6) is 0 Å². The second-order valence-corrected chi connectivity index (χ2v) is 17.4. The predicted molar refractivity (Wildman–Crippen MR) is 199 cm³/mol. The smallest absolute Gasteiger partial charge is 0.253 e. The quantitative estimate of drug-likeness (QED) is 0.0825. The third kappa shape index (κ3) is 6.07. The third-order valence-electron chi connectivity index (χ3n) is 9.32. The maximum atomic E-state index is 7.42. The number of hydrogen-bond acceptors (Lipinski definition) is 4. The first-order valence-electron chi connectivity index (χ1n) is 16.2. The molecule has 0 spiro atoms. The van der Waals surface area contributed by atoms with Gasteiger partial charge in [-0.25, -0.2) is 0 Å². The number of hydrogen-bond donors (Lipinski definition) is 0. The van der Waals surface area contributed by atoms with Gasteiger partial charge in [0.05, 0.1) is 6.61 Å². The van der Waals surface area contributed by atoms with Crippen LogP contribution in [-0.4, -0.2) is 39.0 Å². The zero-order chi connectivity index (χ0) is 32.5. The van der Waals surface area contributed by atoms with Gasteiger partial charge in [0.25, 0.3) is 8.32 Å². The summed E-state index contributed by atoms with van der Waals surface area (Å²) >= 11 is 2.47. The Morgan fingerprint density at radius 2 is 1.04 bits per heavy atom. The molecule has 0 unspecified atom stereocenters. The van der Waals surface area contributed by atoms with Crippen LogP contribution in [-0.2, 0) is 24.2 Å². The lowest BCUT2D eigenvalue weighted by atomic mass is 9.80. The number of benzene rings is 5. The van der Waals surface area contributed by atoms with Crippen molar-refractivity contribution in [2.45, 2.75) is 50.1 Å². The van der Waals surface area contributed by atoms with Gasteiger partial charge >= 0.3 is 0 Å². The summed E-state index contributed by atoms with van der Waals surface area (Å²) in [6.07, 6.45) is -0.904. The molecule has 1 aliphatic heterocycles. The van der Waals surface area contributed by atoms with Gasteiger partial charge in [0.1, 0.15) is 23.9 Å². The van der Waals surface area contributed by atoms with E-state index in [0.717, 1.165) is 25.8 Å². The average Bonchev–Trinajstić information content (AvgIpc) is 3.55. The fourth-order valence-corrected chi connectivity index (χ4v) is 11.2. The highest BCUT2D eigenvalue weighted by Crippen LogP contribution is 2.48. The molecule has 238 valence electrons. The largest absolute Gasteiger partial charge is 0.398 e. The first-order valence-corrected chi connectivity index (χ1v) is 19.6. The van der Waals surface area contributed by atoms with Gasteiger partial charge in [-0.1, -0.05) is 152 Å². The summed E-state index contributed by atoms with van der Waals surface area (Å²) in [5.41, 5.74) is 3.40. The molecule has 1 aliphatic carbocycles. The lowest BCUT2D eigenvalue weighted by Crippen LogP contribution is -2.61. The Kier molecular flexibility index (Phi) is 9.08. The summed E-state index contributed by atoms with van der Waals surface area (Å²) in [7, 11) is -2.68. The minimum atomic E-state index is -2.68. The van der Waals surface area contributed by atoms with Gasteiger partial charge in [0.2, 0.25) is 0 Å². The summed E-state index contributed by atoms with van der Waals surface area (Å²) in [6.45, 7) is 6.60. The van der Waals surface area contributed by atoms with E-state index in [2.05, 4.69) is 163 Å². The number of ether oxygens (including phenoxy) is 3. The van der Waals surface area contributed by atoms with Gasteiger partial charge in [-0.15, -0.1) is 0 Å². The molecule has 6 heteroatoms. The minimum absolute atomic E-state index is 0.297. The SMILES string of the molecule is CC1(C)O[C@@H]2[C@H](O1)C(COC(c1ccccc1)(c1ccccc1)c1ccccc1)=C(I)[C@@H]2O[Si](C)(c1ccccc1)c1ccccc1. The highest BCUT2D eigenvalue weighted by Gasteiger charge is 2.56. The zero-order valence-corrected chi connectivity index (χ0v) is 30.0. The zero-order valence-electron chi connectivity index (χ0n) is 26.9. The molecule has 1 saturated heterocycles. The molecular formula is C41H39IO4Si. The Balaban J connectivity index is 1.32. The van der Waals surface area contributed by atoms with Gasteiger partial charge in [0, 0.05) is 3.58 Å². The molecule has 5 aromatic carbocycles. The maximum Gasteiger partial charge on any atom is 0.253 e. The number of halogens is 1. The first-order chi connectivity index (χ1) is 22.8. The van der Waals surface area contributed by atoms with Crippen molar-refractivity contribution in [2.24, 2.45) is 0 Å². The van der Waals surface area contributed by atoms with Gasteiger partial charge in [-0.3, -0.25) is 0 Å². The van der Waals surface area contributed by atoms with E-state index in [0.29, 0.717) is 6.61 Å². The topological polar surface area (TPSA) is 36.9 Å². The van der Waals surface area contributed by atoms with E-state index in [1.54, 1.807) is 0 Å². The molecule has 3 atom stereocenters. The van der Waals surface area contributed by atoms with E-state index in [9.17, 15) is 0 Å². The van der Waals surface area contributed by atoms with Crippen molar-refractivity contribution in [3.8, 4) is 0 Å². The summed E-state index contributed by atoms with van der Waals surface area (Å²) in [6, 6.07) is 52.8. The van der Waals surface area contributed by atoms with Crippen LogP contribution in [0.1, 0.15) is 30.5 Å². The molecule has 47 heavy (non-hydrogen) atoms. The standard InChI is InChI=1S/C41H39IO4Si/c1-40(2)44-37-35(29-43-41(30-19-9-4-10-20-30,31-21-11-5-12-22-31)32-23-13-6-14-24-32)36(42)38(39(37)45-40)46-47(3,33-25-15-7-16-26-33)34-27-17-8-18-28-34/h4-28,37-39H,29H2,1-3H3/t37-,38+,39-/m1/s1. The van der Waals surface area contributed by atoms with Crippen LogP contribution in [0.4, 0.5) is 0 Å². The van der Waals surface area contributed by atoms with Crippen LogP contribution < -0.4 is 10.4 Å². The van der Waals surface area contributed by atoms with Gasteiger partial charge in [-0.2, -0.15) is 0 Å². The average molecular weight is 751 g/mol. The summed E-state index contributed by atoms with van der Waals surface area (Å²) in [5, 5.41) is 2.43. The molecule has 0 radical (unpaired) electrons. The van der Waals surface area contributed by atoms with E-state index in [1.165, 1.54) is 10.4 Å². The molecule has 0 amide bonds. The van der Waals surface area contributed by atoms with Crippen molar-refractivity contribution in [1.82, 2.24) is 0 Å². The first kappa shape index (κ1) is 32.2. The fourth-order valence-electron chi connectivity index (χ4n) is 7.04. The third-order valence-corrected chi connectivity index (χ3v) is 14.2. The number of fused-ring (bicyclic) bond motifs is 1. The van der Waals surface area contributed by atoms with Crippen molar-refractivity contribution < 1.29 is 18.6 Å². The molecule has 4 nitrogen and oxygen atoms in total. The molecule has 0 N–H and O–H groups in total. The molecule has 0 saturated carbocycles. The molecule has 0 bridgehead atoms. The van der Waals surface area contributed by atoms with Crippen molar-refractivity contribution in [1.29, 1.82) is 0 Å². The minimum Gasteiger partial charge on any atom is -0.398 e. The van der Waals surface area contributed by atoms with Crippen molar-refractivity contribution in [2.75, 3.05) is 6.61 Å². The Hall–Kier alpha value is -3.37. The Morgan fingerprint density at radius 1 is 0.638 bits per heavy atom. The molecule has 1 fully saturated rings. The van der Waals surface area contributed by atoms with E-state index in [4.69, 9.17) is 18.6 Å². The number of rotatable bonds is 10. The summed E-state index contributed by atoms with van der Waals surface area (Å²) in [4.78, 5) is 0. The molecular weight excluding hydrogens is 711 g/mol. The Labute approximate surface area is 292 Å². The molecule has 1 heterocycles. The van der Waals surface area contributed by atoms with E-state index in [1.807, 2.05) is 32.0 Å². The Morgan fingerprint density at radius 3 is 1.47 bits per heavy atom. The van der Waals surface area contributed by atoms with Gasteiger partial charge < -0.3 is 18.6 Å². The summed E-state index contributed by atoms with van der Waals surface area (Å²) < 4.78 is 29.2. The molecule has 2 aliphatic rings. The highest BCUT2D eigenvalue weighted by molar-refractivity contribution is 14.1. The van der Waals surface area contributed by atoms with E-state index >= 15 is 0 Å². The molecule has 7 rings (SSSR count). The van der Waals surface area contributed by atoms with Gasteiger partial charge in [-0.05, 0) is 75.6 Å². The van der Waals surface area contributed by atoms with Gasteiger partial charge in [0.15, 0.2) is 5.79 Å². The van der Waals surface area contributed by atoms with Crippen LogP contribution >= 0.6 is 22.6 Å².